The highest BCUT2D eigenvalue weighted by atomic mass is 19.4. The molecule has 1 rings (SSSR count). The molecule has 0 heterocycles. The predicted molar refractivity (Wildman–Crippen MR) is 101 cm³/mol. The Bertz CT molecular complexity index is 1060. The lowest BCUT2D eigenvalue weighted by molar-refractivity contribution is -0.403. The number of halogens is 18. The van der Waals surface area contributed by atoms with Gasteiger partial charge in [-0.25, -0.2) is 9.59 Å². The van der Waals surface area contributed by atoms with Gasteiger partial charge in [0.15, 0.2) is 0 Å². The Balaban J connectivity index is 3.87. The van der Waals surface area contributed by atoms with Crippen LogP contribution in [-0.4, -0.2) is 71.3 Å². The van der Waals surface area contributed by atoms with Crippen LogP contribution in [0.1, 0.15) is 39.0 Å². The van der Waals surface area contributed by atoms with Crippen molar-refractivity contribution < 1.29 is 98.1 Å². The van der Waals surface area contributed by atoms with Gasteiger partial charge in [-0.1, -0.05) is 6.92 Å². The van der Waals surface area contributed by atoms with E-state index in [9.17, 15) is 88.6 Å². The zero-order chi connectivity index (χ0) is 34.7. The smallest absolute Gasteiger partial charge is 0.443 e. The molecule has 254 valence electrons. The molecule has 0 spiro atoms. The molecule has 1 aliphatic rings. The Morgan fingerprint density at radius 1 is 0.628 bits per heavy atom. The molecule has 43 heavy (non-hydrogen) atoms. The Labute approximate surface area is 227 Å². The summed E-state index contributed by atoms with van der Waals surface area (Å²) in [6.07, 6.45) is -31.0. The summed E-state index contributed by atoms with van der Waals surface area (Å²) in [5.41, 5.74) is 1.48. The molecule has 0 saturated heterocycles. The van der Waals surface area contributed by atoms with Crippen molar-refractivity contribution in [3.05, 3.63) is 0 Å². The van der Waals surface area contributed by atoms with Crippen molar-refractivity contribution in [3.8, 4) is 0 Å². The number of carbonyl (C=O) groups excluding carboxylic acids is 2. The molecule has 6 nitrogen and oxygen atoms in total. The van der Waals surface area contributed by atoms with Gasteiger partial charge >= 0.3 is 60.1 Å². The first-order chi connectivity index (χ1) is 18.6. The highest BCUT2D eigenvalue weighted by molar-refractivity contribution is 5.66. The molecule has 1 saturated carbocycles. The quantitative estimate of drug-likeness (QED) is 0.239. The average molecular weight is 680 g/mol. The van der Waals surface area contributed by atoms with E-state index < -0.39 is 109 Å². The second-order valence-corrected chi connectivity index (χ2v) is 9.76. The first-order valence-electron chi connectivity index (χ1n) is 11.0. The summed E-state index contributed by atoms with van der Waals surface area (Å²) < 4.78 is 251. The second-order valence-electron chi connectivity index (χ2n) is 9.76. The van der Waals surface area contributed by atoms with Crippen LogP contribution in [0.15, 0.2) is 0 Å². The maximum Gasteiger partial charge on any atom is 0.460 e. The summed E-state index contributed by atoms with van der Waals surface area (Å²) in [5.74, 6) is -45.5. The molecule has 0 aromatic rings. The van der Waals surface area contributed by atoms with Crippen molar-refractivity contribution >= 4 is 12.2 Å². The van der Waals surface area contributed by atoms with Gasteiger partial charge in [0.05, 0.1) is 12.8 Å². The lowest BCUT2D eigenvalue weighted by Gasteiger charge is -2.52. The second kappa shape index (κ2) is 10.7. The third kappa shape index (κ3) is 6.55. The van der Waals surface area contributed by atoms with Crippen molar-refractivity contribution in [2.24, 2.45) is 17.4 Å². The minimum absolute atomic E-state index is 0.553. The Hall–Kier alpha value is -2.72. The van der Waals surface area contributed by atoms with Crippen LogP contribution in [0.3, 0.4) is 0 Å². The van der Waals surface area contributed by atoms with Gasteiger partial charge in [-0.2, -0.15) is 79.0 Å². The van der Waals surface area contributed by atoms with Gasteiger partial charge < -0.3 is 20.9 Å². The summed E-state index contributed by atoms with van der Waals surface area (Å²) in [5, 5.41) is 0. The fourth-order valence-corrected chi connectivity index (χ4v) is 4.47. The highest BCUT2D eigenvalue weighted by Crippen LogP contribution is 2.61. The Morgan fingerprint density at radius 3 is 1.30 bits per heavy atom. The number of amides is 2. The molecule has 1 aliphatic carbocycles. The lowest BCUT2D eigenvalue weighted by Crippen LogP contribution is -2.66. The topological polar surface area (TPSA) is 105 Å². The molecular formula is C19H18F18N2O4. The summed E-state index contributed by atoms with van der Waals surface area (Å²) in [4.78, 5) is 22.8. The fraction of sp³-hybridized carbons (Fsp3) is 0.895. The third-order valence-corrected chi connectivity index (χ3v) is 6.66. The van der Waals surface area contributed by atoms with Crippen molar-refractivity contribution in [3.63, 3.8) is 0 Å². The highest BCUT2D eigenvalue weighted by Gasteiger charge is 2.84. The molecule has 0 radical (unpaired) electrons. The Morgan fingerprint density at radius 2 is 0.977 bits per heavy atom. The van der Waals surface area contributed by atoms with Gasteiger partial charge in [-0.3, -0.25) is 0 Å². The number of alkyl halides is 18. The molecular weight excluding hydrogens is 662 g/mol. The predicted octanol–water partition coefficient (Wildman–Crippen LogP) is 7.19. The van der Waals surface area contributed by atoms with Crippen LogP contribution < -0.4 is 11.5 Å². The first-order valence-corrected chi connectivity index (χ1v) is 11.0. The van der Waals surface area contributed by atoms with Crippen LogP contribution in [0.4, 0.5) is 88.6 Å². The van der Waals surface area contributed by atoms with Gasteiger partial charge in [-0.05, 0) is 18.8 Å². The lowest BCUT2D eigenvalue weighted by atomic mass is 9.64. The molecule has 3 unspecified atom stereocenters. The maximum absolute atomic E-state index is 14.6. The van der Waals surface area contributed by atoms with E-state index >= 15 is 0 Å². The normalized spacial score (nSPS) is 25.3. The van der Waals surface area contributed by atoms with Gasteiger partial charge in [0.25, 0.3) is 0 Å². The monoisotopic (exact) mass is 680 g/mol. The van der Waals surface area contributed by atoms with E-state index in [0.717, 1.165) is 0 Å². The largest absolute Gasteiger partial charge is 0.460 e. The van der Waals surface area contributed by atoms with E-state index in [1.54, 1.807) is 0 Å². The molecule has 1 fully saturated rings. The molecule has 0 bridgehead atoms. The number of rotatable bonds is 10. The molecule has 0 aromatic carbocycles. The van der Waals surface area contributed by atoms with E-state index in [1.807, 2.05) is 0 Å². The summed E-state index contributed by atoms with van der Waals surface area (Å²) in [6.45, 7) is 0.553. The molecule has 0 aliphatic heterocycles. The van der Waals surface area contributed by atoms with E-state index in [-0.39, 0.29) is 0 Å². The number of primary amides is 2. The van der Waals surface area contributed by atoms with Crippen molar-refractivity contribution in [2.75, 3.05) is 0 Å². The number of hydrogen-bond donors (Lipinski definition) is 2. The maximum atomic E-state index is 14.6. The van der Waals surface area contributed by atoms with Crippen LogP contribution in [0, 0.1) is 5.92 Å². The summed E-state index contributed by atoms with van der Waals surface area (Å²) in [7, 11) is 0. The third-order valence-electron chi connectivity index (χ3n) is 6.66. The van der Waals surface area contributed by atoms with Crippen LogP contribution in [0.25, 0.3) is 0 Å². The average Bonchev–Trinajstić information content (AvgIpc) is 2.72. The van der Waals surface area contributed by atoms with E-state index in [4.69, 9.17) is 0 Å². The van der Waals surface area contributed by atoms with Crippen LogP contribution >= 0.6 is 0 Å². The van der Waals surface area contributed by atoms with Crippen molar-refractivity contribution in [1.82, 2.24) is 0 Å². The van der Waals surface area contributed by atoms with Crippen LogP contribution in [0.2, 0.25) is 0 Å². The van der Waals surface area contributed by atoms with E-state index in [2.05, 4.69) is 20.9 Å². The zero-order valence-electron chi connectivity index (χ0n) is 20.7. The molecule has 0 aromatic heterocycles. The SMILES string of the molecule is CC1CCC(CC(F)(F)C(F)(F)C(F)(F)C(F)(F)F)(OC(N)=O)CC1(CC(F)(F)C(F)(F)C(F)(F)C(F)(F)F)OC(N)=O. The number of hydrogen-bond acceptors (Lipinski definition) is 4. The number of carbonyl (C=O) groups is 2. The zero-order valence-corrected chi connectivity index (χ0v) is 20.7. The summed E-state index contributed by atoms with van der Waals surface area (Å²) in [6, 6.07) is 0. The van der Waals surface area contributed by atoms with E-state index in [1.165, 1.54) is 0 Å². The van der Waals surface area contributed by atoms with Gasteiger partial charge in [0.2, 0.25) is 0 Å². The minimum atomic E-state index is -7.56. The fourth-order valence-electron chi connectivity index (χ4n) is 4.47. The molecule has 2 amide bonds. The summed E-state index contributed by atoms with van der Waals surface area (Å²) >= 11 is 0. The molecule has 4 N–H and O–H groups in total. The molecule has 3 atom stereocenters. The first kappa shape index (κ1) is 38.3. The number of nitrogens with two attached hydrogens (primary N) is 2. The van der Waals surface area contributed by atoms with Crippen LogP contribution in [0.5, 0.6) is 0 Å². The standard InChI is InChI=1S/C19H18F18N2O4/c1-7-2-3-10(42-8(38)40,5-12(20,21)14(24,25)16(28,29)18(32,33)34)4-11(7,43-9(39)41)6-13(22,23)15(26,27)17(30,31)19(35,36)37/h7H,2-6H2,1H3,(H2,38,40)(H2,39,41). The number of ether oxygens (including phenoxy) is 2. The van der Waals surface area contributed by atoms with Gasteiger partial charge in [0, 0.05) is 6.42 Å². The van der Waals surface area contributed by atoms with Gasteiger partial charge in [-0.15, -0.1) is 0 Å². The Kier molecular flexibility index (Phi) is 9.55. The minimum Gasteiger partial charge on any atom is -0.443 e. The van der Waals surface area contributed by atoms with Crippen molar-refractivity contribution in [2.45, 2.75) is 98.1 Å². The van der Waals surface area contributed by atoms with Crippen LogP contribution in [-0.2, 0) is 9.47 Å². The van der Waals surface area contributed by atoms with Crippen molar-refractivity contribution in [1.29, 1.82) is 0 Å². The van der Waals surface area contributed by atoms with Gasteiger partial charge in [0.1, 0.15) is 11.2 Å². The van der Waals surface area contributed by atoms with E-state index in [0.29, 0.717) is 6.92 Å². The molecule has 24 heteroatoms.